The highest BCUT2D eigenvalue weighted by atomic mass is 16.5. The Hall–Kier alpha value is -2.89. The molecular weight excluding hydrogens is 386 g/mol. The molecule has 5 rings (SSSR count). The number of benzene rings is 3. The van der Waals surface area contributed by atoms with Crippen molar-refractivity contribution in [1.82, 2.24) is 10.2 Å². The van der Waals surface area contributed by atoms with Gasteiger partial charge in [0, 0.05) is 44.5 Å². The Balaban J connectivity index is 1.39. The second-order valence-electron chi connectivity index (χ2n) is 8.46. The zero-order chi connectivity index (χ0) is 21.2. The van der Waals surface area contributed by atoms with E-state index in [0.29, 0.717) is 6.54 Å². The minimum absolute atomic E-state index is 0.0176. The summed E-state index contributed by atoms with van der Waals surface area (Å²) in [6, 6.07) is 20.9. The third-order valence-electron chi connectivity index (χ3n) is 6.59. The predicted molar refractivity (Wildman–Crippen MR) is 125 cm³/mol. The number of ether oxygens (including phenoxy) is 1. The van der Waals surface area contributed by atoms with Crippen molar-refractivity contribution in [2.75, 3.05) is 51.3 Å². The standard InChI is InChI=1S/C26H29N3O2/c1-28-12-11-21-17-20(9-10-24(21)28)25(29-13-15-31-16-14-29)18-27-26(30)23-8-4-6-19-5-2-3-7-22(19)23/h2-10,17,25H,11-16,18H2,1H3,(H,27,30)/t25-/m1/s1. The first-order chi connectivity index (χ1) is 15.2. The number of anilines is 1. The lowest BCUT2D eigenvalue weighted by Crippen LogP contribution is -2.43. The highest BCUT2D eigenvalue weighted by Gasteiger charge is 2.25. The third kappa shape index (κ3) is 4.03. The van der Waals surface area contributed by atoms with Gasteiger partial charge in [0.05, 0.1) is 19.3 Å². The number of nitrogens with one attached hydrogen (secondary N) is 1. The molecule has 1 amide bonds. The van der Waals surface area contributed by atoms with Crippen molar-refractivity contribution < 1.29 is 9.53 Å². The van der Waals surface area contributed by atoms with E-state index < -0.39 is 0 Å². The molecule has 0 aliphatic carbocycles. The minimum Gasteiger partial charge on any atom is -0.379 e. The van der Waals surface area contributed by atoms with Crippen molar-refractivity contribution in [3.8, 4) is 0 Å². The van der Waals surface area contributed by atoms with Crippen LogP contribution in [0.4, 0.5) is 5.69 Å². The second kappa shape index (κ2) is 8.69. The summed E-state index contributed by atoms with van der Waals surface area (Å²) in [7, 11) is 2.15. The van der Waals surface area contributed by atoms with Crippen LogP contribution in [0.15, 0.2) is 60.7 Å². The van der Waals surface area contributed by atoms with Gasteiger partial charge in [-0.2, -0.15) is 0 Å². The Labute approximate surface area is 183 Å². The zero-order valence-corrected chi connectivity index (χ0v) is 18.0. The predicted octanol–water partition coefficient (Wildman–Crippen LogP) is 3.64. The lowest BCUT2D eigenvalue weighted by Gasteiger charge is -2.35. The van der Waals surface area contributed by atoms with E-state index in [2.05, 4.69) is 40.4 Å². The maximum Gasteiger partial charge on any atom is 0.251 e. The van der Waals surface area contributed by atoms with Crippen LogP contribution in [0.5, 0.6) is 0 Å². The summed E-state index contributed by atoms with van der Waals surface area (Å²) in [5, 5.41) is 5.31. The number of hydrogen-bond acceptors (Lipinski definition) is 4. The number of carbonyl (C=O) groups excluding carboxylic acids is 1. The number of morpholine rings is 1. The van der Waals surface area contributed by atoms with E-state index in [1.165, 1.54) is 16.8 Å². The molecule has 2 aliphatic heterocycles. The van der Waals surface area contributed by atoms with Gasteiger partial charge in [-0.1, -0.05) is 48.5 Å². The largest absolute Gasteiger partial charge is 0.379 e. The molecule has 31 heavy (non-hydrogen) atoms. The molecule has 5 nitrogen and oxygen atoms in total. The molecule has 3 aromatic rings. The van der Waals surface area contributed by atoms with Gasteiger partial charge in [0.2, 0.25) is 0 Å². The zero-order valence-electron chi connectivity index (χ0n) is 18.0. The van der Waals surface area contributed by atoms with Crippen LogP contribution < -0.4 is 10.2 Å². The topological polar surface area (TPSA) is 44.8 Å². The Morgan fingerprint density at radius 3 is 2.71 bits per heavy atom. The van der Waals surface area contributed by atoms with Crippen LogP contribution in [0.1, 0.15) is 27.5 Å². The van der Waals surface area contributed by atoms with Crippen molar-refractivity contribution >= 4 is 22.4 Å². The van der Waals surface area contributed by atoms with Crippen LogP contribution in [0, 0.1) is 0 Å². The molecule has 1 fully saturated rings. The molecule has 0 radical (unpaired) electrons. The normalized spacial score (nSPS) is 17.5. The summed E-state index contributed by atoms with van der Waals surface area (Å²) in [6.45, 7) is 4.88. The van der Waals surface area contributed by atoms with Gasteiger partial charge >= 0.3 is 0 Å². The van der Waals surface area contributed by atoms with Crippen LogP contribution >= 0.6 is 0 Å². The van der Waals surface area contributed by atoms with E-state index in [1.807, 2.05) is 42.5 Å². The Morgan fingerprint density at radius 1 is 1.03 bits per heavy atom. The average molecular weight is 416 g/mol. The number of likely N-dealkylation sites (N-methyl/N-ethyl adjacent to an activating group) is 1. The third-order valence-corrected chi connectivity index (χ3v) is 6.59. The Kier molecular flexibility index (Phi) is 5.62. The number of rotatable bonds is 5. The summed E-state index contributed by atoms with van der Waals surface area (Å²) >= 11 is 0. The van der Waals surface area contributed by atoms with Crippen LogP contribution in [-0.4, -0.2) is 57.2 Å². The fourth-order valence-corrected chi connectivity index (χ4v) is 4.85. The van der Waals surface area contributed by atoms with Gasteiger partial charge in [0.15, 0.2) is 0 Å². The first kappa shape index (κ1) is 20.0. The minimum atomic E-state index is -0.0176. The number of carbonyl (C=O) groups is 1. The van der Waals surface area contributed by atoms with Gasteiger partial charge in [-0.05, 0) is 40.5 Å². The van der Waals surface area contributed by atoms with Crippen molar-refractivity contribution in [3.63, 3.8) is 0 Å². The molecule has 3 aromatic carbocycles. The number of nitrogens with zero attached hydrogens (tertiary/aromatic N) is 2. The fraction of sp³-hybridized carbons (Fsp3) is 0.346. The SMILES string of the molecule is CN1CCc2cc([C@@H](CNC(=O)c3cccc4ccccc34)N3CCOCC3)ccc21. The summed E-state index contributed by atoms with van der Waals surface area (Å²) < 4.78 is 5.58. The summed E-state index contributed by atoms with van der Waals surface area (Å²) in [5.74, 6) is -0.0176. The van der Waals surface area contributed by atoms with Crippen LogP contribution in [0.3, 0.4) is 0 Å². The summed E-state index contributed by atoms with van der Waals surface area (Å²) in [4.78, 5) is 17.9. The molecule has 5 heteroatoms. The Bertz CT molecular complexity index is 1090. The van der Waals surface area contributed by atoms with E-state index in [1.54, 1.807) is 0 Å². The first-order valence-electron chi connectivity index (χ1n) is 11.1. The van der Waals surface area contributed by atoms with E-state index in [9.17, 15) is 4.79 Å². The molecule has 2 heterocycles. The van der Waals surface area contributed by atoms with Crippen molar-refractivity contribution in [2.24, 2.45) is 0 Å². The van der Waals surface area contributed by atoms with Crippen LogP contribution in [0.2, 0.25) is 0 Å². The summed E-state index contributed by atoms with van der Waals surface area (Å²) in [5.41, 5.74) is 4.73. The second-order valence-corrected chi connectivity index (χ2v) is 8.46. The average Bonchev–Trinajstić information content (AvgIpc) is 3.19. The van der Waals surface area contributed by atoms with Crippen molar-refractivity contribution in [3.05, 3.63) is 77.4 Å². The van der Waals surface area contributed by atoms with Crippen LogP contribution in [0.25, 0.3) is 10.8 Å². The number of hydrogen-bond donors (Lipinski definition) is 1. The maximum atomic E-state index is 13.1. The molecule has 1 saturated heterocycles. The quantitative estimate of drug-likeness (QED) is 0.691. The van der Waals surface area contributed by atoms with E-state index >= 15 is 0 Å². The van der Waals surface area contributed by atoms with Gasteiger partial charge in [-0.25, -0.2) is 0 Å². The lowest BCUT2D eigenvalue weighted by molar-refractivity contribution is 0.0162. The molecular formula is C26H29N3O2. The Morgan fingerprint density at radius 2 is 1.84 bits per heavy atom. The van der Waals surface area contributed by atoms with Crippen molar-refractivity contribution in [2.45, 2.75) is 12.5 Å². The lowest BCUT2D eigenvalue weighted by atomic mass is 10.00. The fourth-order valence-electron chi connectivity index (χ4n) is 4.85. The molecule has 0 spiro atoms. The van der Waals surface area contributed by atoms with Gasteiger partial charge < -0.3 is 15.0 Å². The molecule has 0 aromatic heterocycles. The molecule has 0 unspecified atom stereocenters. The van der Waals surface area contributed by atoms with Gasteiger partial charge in [0.25, 0.3) is 5.91 Å². The summed E-state index contributed by atoms with van der Waals surface area (Å²) in [6.07, 6.45) is 1.08. The first-order valence-corrected chi connectivity index (χ1v) is 11.1. The molecule has 0 bridgehead atoms. The maximum absolute atomic E-state index is 13.1. The smallest absolute Gasteiger partial charge is 0.251 e. The monoisotopic (exact) mass is 415 g/mol. The highest BCUT2D eigenvalue weighted by Crippen LogP contribution is 2.31. The molecule has 2 aliphatic rings. The van der Waals surface area contributed by atoms with Gasteiger partial charge in [-0.15, -0.1) is 0 Å². The van der Waals surface area contributed by atoms with Crippen molar-refractivity contribution in [1.29, 1.82) is 0 Å². The number of amides is 1. The van der Waals surface area contributed by atoms with E-state index in [0.717, 1.165) is 55.6 Å². The molecule has 1 atom stereocenters. The molecule has 1 N–H and O–H groups in total. The van der Waals surface area contributed by atoms with Crippen LogP contribution in [-0.2, 0) is 11.2 Å². The van der Waals surface area contributed by atoms with Gasteiger partial charge in [0.1, 0.15) is 0 Å². The van der Waals surface area contributed by atoms with E-state index in [4.69, 9.17) is 4.74 Å². The number of fused-ring (bicyclic) bond motifs is 2. The van der Waals surface area contributed by atoms with E-state index in [-0.39, 0.29) is 11.9 Å². The molecule has 160 valence electrons. The molecule has 0 saturated carbocycles. The van der Waals surface area contributed by atoms with Gasteiger partial charge in [-0.3, -0.25) is 9.69 Å². The highest BCUT2D eigenvalue weighted by molar-refractivity contribution is 6.07.